The second-order valence-corrected chi connectivity index (χ2v) is 5.56. The maximum absolute atomic E-state index is 14.1. The molecule has 1 aliphatic heterocycles. The Morgan fingerprint density at radius 2 is 2.15 bits per heavy atom. The molecule has 1 heterocycles. The lowest BCUT2D eigenvalue weighted by molar-refractivity contribution is -0.102. The summed E-state index contributed by atoms with van der Waals surface area (Å²) < 4.78 is 38.9. The van der Waals surface area contributed by atoms with Crippen LogP contribution in [-0.4, -0.2) is 32.5 Å². The first-order valence-corrected chi connectivity index (χ1v) is 7.50. The number of nitrogens with one attached hydrogen (secondary N) is 1. The van der Waals surface area contributed by atoms with Crippen LogP contribution in [0.5, 0.6) is 0 Å². The number of ether oxygens (including phenoxy) is 2. The number of hydrogen-bond acceptors (Lipinski definition) is 3. The van der Waals surface area contributed by atoms with Gasteiger partial charge in [-0.05, 0) is 41.0 Å². The first-order valence-electron chi connectivity index (χ1n) is 6.70. The fraction of sp³-hybridized carbons (Fsp3) is 0.571. The molecule has 0 radical (unpaired) electrons. The van der Waals surface area contributed by atoms with Crippen molar-refractivity contribution in [2.45, 2.75) is 25.5 Å². The van der Waals surface area contributed by atoms with Crippen LogP contribution >= 0.6 is 15.9 Å². The van der Waals surface area contributed by atoms with Crippen molar-refractivity contribution in [3.8, 4) is 0 Å². The van der Waals surface area contributed by atoms with E-state index in [9.17, 15) is 8.78 Å². The smallest absolute Gasteiger partial charge is 0.137 e. The van der Waals surface area contributed by atoms with E-state index in [1.807, 2.05) is 6.92 Å². The molecule has 0 saturated carbocycles. The van der Waals surface area contributed by atoms with Crippen molar-refractivity contribution < 1.29 is 18.3 Å². The molecule has 0 aromatic heterocycles. The molecule has 0 spiro atoms. The molecule has 0 aliphatic carbocycles. The average Bonchev–Trinajstić information content (AvgIpc) is 2.45. The van der Waals surface area contributed by atoms with Crippen molar-refractivity contribution in [2.75, 3.05) is 26.4 Å². The molecule has 2 unspecified atom stereocenters. The zero-order valence-electron chi connectivity index (χ0n) is 11.3. The van der Waals surface area contributed by atoms with Crippen molar-refractivity contribution in [1.82, 2.24) is 5.32 Å². The van der Waals surface area contributed by atoms with Crippen molar-refractivity contribution in [1.29, 1.82) is 0 Å². The van der Waals surface area contributed by atoms with Crippen molar-refractivity contribution in [2.24, 2.45) is 0 Å². The highest BCUT2D eigenvalue weighted by molar-refractivity contribution is 9.10. The molecule has 1 N–H and O–H groups in total. The van der Waals surface area contributed by atoms with Crippen LogP contribution in [0, 0.1) is 11.6 Å². The van der Waals surface area contributed by atoms with E-state index in [-0.39, 0.29) is 16.1 Å². The van der Waals surface area contributed by atoms with Gasteiger partial charge >= 0.3 is 0 Å². The largest absolute Gasteiger partial charge is 0.376 e. The van der Waals surface area contributed by atoms with Gasteiger partial charge in [0.15, 0.2) is 0 Å². The Morgan fingerprint density at radius 3 is 2.80 bits per heavy atom. The Kier molecular flexibility index (Phi) is 5.89. The van der Waals surface area contributed by atoms with Gasteiger partial charge in [0.25, 0.3) is 0 Å². The van der Waals surface area contributed by atoms with E-state index < -0.39 is 17.7 Å². The van der Waals surface area contributed by atoms with Gasteiger partial charge in [-0.2, -0.15) is 0 Å². The maximum atomic E-state index is 14.1. The fourth-order valence-corrected chi connectivity index (χ4v) is 2.53. The van der Waals surface area contributed by atoms with Crippen LogP contribution in [0.4, 0.5) is 8.78 Å². The second-order valence-electron chi connectivity index (χ2n) is 4.70. The molecular formula is C14H18BrF2NO2. The number of halogens is 3. The molecule has 6 heteroatoms. The Balaban J connectivity index is 2.27. The van der Waals surface area contributed by atoms with Gasteiger partial charge in [-0.1, -0.05) is 6.92 Å². The van der Waals surface area contributed by atoms with Gasteiger partial charge in [0.05, 0.1) is 30.3 Å². The molecule has 1 aliphatic rings. The van der Waals surface area contributed by atoms with Gasteiger partial charge in [-0.3, -0.25) is 0 Å². The second kappa shape index (κ2) is 7.45. The lowest BCUT2D eigenvalue weighted by Crippen LogP contribution is -2.41. The summed E-state index contributed by atoms with van der Waals surface area (Å²) in [5, 5.41) is 3.22. The van der Waals surface area contributed by atoms with Crippen LogP contribution < -0.4 is 5.32 Å². The van der Waals surface area contributed by atoms with Gasteiger partial charge < -0.3 is 14.8 Å². The van der Waals surface area contributed by atoms with Gasteiger partial charge in [0, 0.05) is 5.56 Å². The van der Waals surface area contributed by atoms with Crippen molar-refractivity contribution >= 4 is 15.9 Å². The Bertz CT molecular complexity index is 453. The van der Waals surface area contributed by atoms with Crippen LogP contribution in [-0.2, 0) is 9.47 Å². The monoisotopic (exact) mass is 349 g/mol. The topological polar surface area (TPSA) is 30.5 Å². The van der Waals surface area contributed by atoms with Crippen LogP contribution in [0.1, 0.15) is 24.9 Å². The number of rotatable bonds is 5. The van der Waals surface area contributed by atoms with E-state index in [0.29, 0.717) is 26.4 Å². The van der Waals surface area contributed by atoms with E-state index in [1.165, 1.54) is 6.07 Å². The molecule has 0 amide bonds. The summed E-state index contributed by atoms with van der Waals surface area (Å²) in [4.78, 5) is 0. The van der Waals surface area contributed by atoms with Gasteiger partial charge in [0.2, 0.25) is 0 Å². The third-order valence-electron chi connectivity index (χ3n) is 3.20. The summed E-state index contributed by atoms with van der Waals surface area (Å²) in [5.41, 5.74) is 0.273. The zero-order valence-corrected chi connectivity index (χ0v) is 12.9. The molecule has 1 aromatic carbocycles. The highest BCUT2D eigenvalue weighted by Gasteiger charge is 2.29. The van der Waals surface area contributed by atoms with Crippen LogP contribution in [0.15, 0.2) is 16.6 Å². The standard InChI is InChI=1S/C14H18BrF2NO2/c1-2-3-18-14(13-8-19-4-5-20-13)9-6-12(17)10(15)7-11(9)16/h6-7,13-14,18H,2-5,8H2,1H3. The maximum Gasteiger partial charge on any atom is 0.137 e. The van der Waals surface area contributed by atoms with Crippen molar-refractivity contribution in [3.05, 3.63) is 33.8 Å². The highest BCUT2D eigenvalue weighted by Crippen LogP contribution is 2.28. The molecule has 1 aromatic rings. The Hall–Kier alpha value is -0.560. The summed E-state index contributed by atoms with van der Waals surface area (Å²) in [6, 6.07) is 1.94. The lowest BCUT2D eigenvalue weighted by Gasteiger charge is -2.31. The summed E-state index contributed by atoms with van der Waals surface area (Å²) in [6.45, 7) is 4.09. The third-order valence-corrected chi connectivity index (χ3v) is 3.81. The summed E-state index contributed by atoms with van der Waals surface area (Å²) in [5.74, 6) is -0.942. The molecule has 0 bridgehead atoms. The summed E-state index contributed by atoms with van der Waals surface area (Å²) >= 11 is 2.99. The fourth-order valence-electron chi connectivity index (χ4n) is 2.22. The van der Waals surface area contributed by atoms with Crippen molar-refractivity contribution in [3.63, 3.8) is 0 Å². The summed E-state index contributed by atoms with van der Waals surface area (Å²) in [6.07, 6.45) is 0.579. The normalized spacial score (nSPS) is 20.9. The third kappa shape index (κ3) is 3.75. The molecule has 1 fully saturated rings. The Labute approximate surface area is 125 Å². The van der Waals surface area contributed by atoms with E-state index >= 15 is 0 Å². The Morgan fingerprint density at radius 1 is 1.35 bits per heavy atom. The van der Waals surface area contributed by atoms with Crippen LogP contribution in [0.2, 0.25) is 0 Å². The minimum absolute atomic E-state index is 0.119. The first kappa shape index (κ1) is 15.8. The molecule has 20 heavy (non-hydrogen) atoms. The predicted octanol–water partition coefficient (Wildman–Crippen LogP) is 3.18. The lowest BCUT2D eigenvalue weighted by atomic mass is 10.00. The van der Waals surface area contributed by atoms with Gasteiger partial charge in [-0.15, -0.1) is 0 Å². The minimum Gasteiger partial charge on any atom is -0.376 e. The predicted molar refractivity (Wildman–Crippen MR) is 75.7 cm³/mol. The van der Waals surface area contributed by atoms with E-state index in [1.54, 1.807) is 0 Å². The molecule has 2 atom stereocenters. The zero-order chi connectivity index (χ0) is 14.5. The first-order chi connectivity index (χ1) is 9.63. The highest BCUT2D eigenvalue weighted by atomic mass is 79.9. The molecule has 2 rings (SSSR count). The van der Waals surface area contributed by atoms with Crippen LogP contribution in [0.3, 0.4) is 0 Å². The SMILES string of the molecule is CCCNC(c1cc(F)c(Br)cc1F)C1COCCO1. The molecular weight excluding hydrogens is 332 g/mol. The number of benzene rings is 1. The van der Waals surface area contributed by atoms with E-state index in [4.69, 9.17) is 9.47 Å². The number of hydrogen-bond donors (Lipinski definition) is 1. The van der Waals surface area contributed by atoms with Gasteiger partial charge in [-0.25, -0.2) is 8.78 Å². The average molecular weight is 350 g/mol. The van der Waals surface area contributed by atoms with E-state index in [2.05, 4.69) is 21.2 Å². The molecule has 112 valence electrons. The van der Waals surface area contributed by atoms with Crippen LogP contribution in [0.25, 0.3) is 0 Å². The molecule has 3 nitrogen and oxygen atoms in total. The minimum atomic E-state index is -0.485. The van der Waals surface area contributed by atoms with E-state index in [0.717, 1.165) is 12.5 Å². The molecule has 1 saturated heterocycles. The van der Waals surface area contributed by atoms with Gasteiger partial charge in [0.1, 0.15) is 17.7 Å². The quantitative estimate of drug-likeness (QED) is 0.828. The summed E-state index contributed by atoms with van der Waals surface area (Å²) in [7, 11) is 0.